The summed E-state index contributed by atoms with van der Waals surface area (Å²) in [4.78, 5) is 0. The molecule has 0 saturated carbocycles. The standard InChI is InChI=1S/C23H15BrO/c1-25-23-16-12-21(13-17-23)9-7-19-4-2-18(3-5-19)6-8-20-10-14-22(24)15-11-20/h2-5,10-17H,1H3. The number of methoxy groups -OCH3 is 1. The summed E-state index contributed by atoms with van der Waals surface area (Å²) in [6.07, 6.45) is 0. The summed E-state index contributed by atoms with van der Waals surface area (Å²) >= 11 is 3.42. The van der Waals surface area contributed by atoms with E-state index in [1.165, 1.54) is 0 Å². The molecule has 3 aromatic rings. The normalized spacial score (nSPS) is 9.36. The lowest BCUT2D eigenvalue weighted by Gasteiger charge is -1.97. The fraction of sp³-hybridized carbons (Fsp3) is 0.0435. The maximum atomic E-state index is 5.14. The van der Waals surface area contributed by atoms with Crippen molar-refractivity contribution in [3.63, 3.8) is 0 Å². The summed E-state index contributed by atoms with van der Waals surface area (Å²) in [6, 6.07) is 23.6. The highest BCUT2D eigenvalue weighted by molar-refractivity contribution is 9.10. The molecule has 0 fully saturated rings. The third-order valence-corrected chi connectivity index (χ3v) is 4.05. The minimum Gasteiger partial charge on any atom is -0.497 e. The highest BCUT2D eigenvalue weighted by atomic mass is 79.9. The van der Waals surface area contributed by atoms with Crippen molar-refractivity contribution in [1.82, 2.24) is 0 Å². The third kappa shape index (κ3) is 5.01. The van der Waals surface area contributed by atoms with Crippen LogP contribution in [-0.2, 0) is 0 Å². The predicted molar refractivity (Wildman–Crippen MR) is 106 cm³/mol. The maximum absolute atomic E-state index is 5.14. The van der Waals surface area contributed by atoms with Gasteiger partial charge in [0.1, 0.15) is 5.75 Å². The van der Waals surface area contributed by atoms with E-state index in [1.807, 2.05) is 72.8 Å². The Kier molecular flexibility index (Phi) is 5.57. The van der Waals surface area contributed by atoms with Crippen molar-refractivity contribution in [2.24, 2.45) is 0 Å². The average Bonchev–Trinajstić information content (AvgIpc) is 2.67. The molecule has 1 nitrogen and oxygen atoms in total. The van der Waals surface area contributed by atoms with Crippen molar-refractivity contribution in [1.29, 1.82) is 0 Å². The van der Waals surface area contributed by atoms with Gasteiger partial charge in [-0.25, -0.2) is 0 Å². The lowest BCUT2D eigenvalue weighted by atomic mass is 10.1. The molecule has 0 unspecified atom stereocenters. The Morgan fingerprint density at radius 3 is 1.24 bits per heavy atom. The van der Waals surface area contributed by atoms with Crippen molar-refractivity contribution >= 4 is 15.9 Å². The summed E-state index contributed by atoms with van der Waals surface area (Å²) in [5.41, 5.74) is 3.88. The van der Waals surface area contributed by atoms with E-state index in [1.54, 1.807) is 7.11 Å². The number of ether oxygens (including phenoxy) is 1. The Bertz CT molecular complexity index is 961. The highest BCUT2D eigenvalue weighted by Crippen LogP contribution is 2.11. The van der Waals surface area contributed by atoms with Crippen LogP contribution >= 0.6 is 15.9 Å². The topological polar surface area (TPSA) is 9.23 Å². The largest absolute Gasteiger partial charge is 0.497 e. The van der Waals surface area contributed by atoms with Crippen LogP contribution < -0.4 is 4.74 Å². The number of hydrogen-bond donors (Lipinski definition) is 0. The van der Waals surface area contributed by atoms with Gasteiger partial charge in [0.2, 0.25) is 0 Å². The van der Waals surface area contributed by atoms with E-state index >= 15 is 0 Å². The second-order valence-electron chi connectivity index (χ2n) is 5.31. The maximum Gasteiger partial charge on any atom is 0.118 e. The molecule has 120 valence electrons. The zero-order valence-corrected chi connectivity index (χ0v) is 15.3. The van der Waals surface area contributed by atoms with Crippen LogP contribution in [-0.4, -0.2) is 7.11 Å². The monoisotopic (exact) mass is 386 g/mol. The minimum absolute atomic E-state index is 0.833. The Labute approximate surface area is 156 Å². The lowest BCUT2D eigenvalue weighted by molar-refractivity contribution is 0.415. The molecule has 0 aromatic heterocycles. The van der Waals surface area contributed by atoms with Crippen molar-refractivity contribution in [2.75, 3.05) is 7.11 Å². The molecular weight excluding hydrogens is 372 g/mol. The first-order valence-electron chi connectivity index (χ1n) is 7.77. The van der Waals surface area contributed by atoms with Crippen molar-refractivity contribution in [2.45, 2.75) is 0 Å². The smallest absolute Gasteiger partial charge is 0.118 e. The molecule has 2 heteroatoms. The van der Waals surface area contributed by atoms with Crippen LogP contribution in [0.3, 0.4) is 0 Å². The molecule has 3 rings (SSSR count). The molecule has 0 aliphatic carbocycles. The number of halogens is 1. The molecule has 0 heterocycles. The molecular formula is C23H15BrO. The number of hydrogen-bond acceptors (Lipinski definition) is 1. The summed E-state index contributed by atoms with van der Waals surface area (Å²) in [6.45, 7) is 0. The molecule has 0 aliphatic rings. The van der Waals surface area contributed by atoms with E-state index < -0.39 is 0 Å². The first-order valence-corrected chi connectivity index (χ1v) is 8.56. The second kappa shape index (κ2) is 8.25. The molecule has 3 aromatic carbocycles. The fourth-order valence-corrected chi connectivity index (χ4v) is 2.40. The van der Waals surface area contributed by atoms with Gasteiger partial charge in [-0.05, 0) is 72.8 Å². The van der Waals surface area contributed by atoms with Gasteiger partial charge in [0.25, 0.3) is 0 Å². The predicted octanol–water partition coefficient (Wildman–Crippen LogP) is 5.26. The van der Waals surface area contributed by atoms with Gasteiger partial charge in [0, 0.05) is 26.7 Å². The molecule has 0 aliphatic heterocycles. The van der Waals surface area contributed by atoms with E-state index in [4.69, 9.17) is 4.74 Å². The summed E-state index contributed by atoms with van der Waals surface area (Å²) in [5.74, 6) is 13.5. The number of rotatable bonds is 1. The van der Waals surface area contributed by atoms with E-state index in [0.29, 0.717) is 0 Å². The zero-order chi connectivity index (χ0) is 17.5. The summed E-state index contributed by atoms with van der Waals surface area (Å²) in [5, 5.41) is 0. The molecule has 0 amide bonds. The van der Waals surface area contributed by atoms with E-state index in [0.717, 1.165) is 32.5 Å². The first-order chi connectivity index (χ1) is 12.2. The molecule has 0 spiro atoms. The van der Waals surface area contributed by atoms with Gasteiger partial charge >= 0.3 is 0 Å². The van der Waals surface area contributed by atoms with Gasteiger partial charge < -0.3 is 4.74 Å². The summed E-state index contributed by atoms with van der Waals surface area (Å²) in [7, 11) is 1.65. The van der Waals surface area contributed by atoms with Crippen molar-refractivity contribution < 1.29 is 4.74 Å². The molecule has 0 saturated heterocycles. The van der Waals surface area contributed by atoms with E-state index in [9.17, 15) is 0 Å². The van der Waals surface area contributed by atoms with Crippen LogP contribution in [0.1, 0.15) is 22.3 Å². The van der Waals surface area contributed by atoms with Gasteiger partial charge in [-0.2, -0.15) is 0 Å². The van der Waals surface area contributed by atoms with Crippen LogP contribution in [0.2, 0.25) is 0 Å². The minimum atomic E-state index is 0.833. The molecule has 25 heavy (non-hydrogen) atoms. The second-order valence-corrected chi connectivity index (χ2v) is 6.23. The zero-order valence-electron chi connectivity index (χ0n) is 13.7. The average molecular weight is 387 g/mol. The van der Waals surface area contributed by atoms with E-state index in [-0.39, 0.29) is 0 Å². The van der Waals surface area contributed by atoms with Crippen molar-refractivity contribution in [3.8, 4) is 29.4 Å². The molecule has 0 radical (unpaired) electrons. The Morgan fingerprint density at radius 2 is 0.880 bits per heavy atom. The van der Waals surface area contributed by atoms with Crippen LogP contribution in [0.4, 0.5) is 0 Å². The Hall–Kier alpha value is -2.94. The quantitative estimate of drug-likeness (QED) is 0.518. The molecule has 0 bridgehead atoms. The van der Waals surface area contributed by atoms with Gasteiger partial charge in [0.05, 0.1) is 7.11 Å². The van der Waals surface area contributed by atoms with Crippen LogP contribution in [0.5, 0.6) is 5.75 Å². The van der Waals surface area contributed by atoms with Crippen LogP contribution in [0.25, 0.3) is 0 Å². The van der Waals surface area contributed by atoms with Crippen LogP contribution in [0.15, 0.2) is 77.3 Å². The Balaban J connectivity index is 1.70. The fourth-order valence-electron chi connectivity index (χ4n) is 2.13. The lowest BCUT2D eigenvalue weighted by Crippen LogP contribution is -1.82. The third-order valence-electron chi connectivity index (χ3n) is 3.52. The first kappa shape index (κ1) is 16.9. The van der Waals surface area contributed by atoms with Gasteiger partial charge in [-0.3, -0.25) is 0 Å². The van der Waals surface area contributed by atoms with Gasteiger partial charge in [0.15, 0.2) is 0 Å². The number of benzene rings is 3. The van der Waals surface area contributed by atoms with Gasteiger partial charge in [-0.1, -0.05) is 39.6 Å². The van der Waals surface area contributed by atoms with E-state index in [2.05, 4.69) is 39.6 Å². The SMILES string of the molecule is COc1ccc(C#Cc2ccc(C#Cc3ccc(Br)cc3)cc2)cc1. The van der Waals surface area contributed by atoms with Crippen molar-refractivity contribution in [3.05, 3.63) is 99.5 Å². The van der Waals surface area contributed by atoms with Gasteiger partial charge in [-0.15, -0.1) is 0 Å². The molecule has 0 N–H and O–H groups in total. The highest BCUT2D eigenvalue weighted by Gasteiger charge is 1.92. The van der Waals surface area contributed by atoms with Crippen LogP contribution in [0, 0.1) is 23.7 Å². The Morgan fingerprint density at radius 1 is 0.560 bits per heavy atom. The summed E-state index contributed by atoms with van der Waals surface area (Å²) < 4.78 is 6.20. The molecule has 0 atom stereocenters.